The van der Waals surface area contributed by atoms with E-state index in [1.165, 1.54) is 0 Å². The van der Waals surface area contributed by atoms with E-state index < -0.39 is 0 Å². The Morgan fingerprint density at radius 1 is 1.25 bits per heavy atom. The molecule has 0 atom stereocenters. The predicted octanol–water partition coefficient (Wildman–Crippen LogP) is 1.45. The quantitative estimate of drug-likeness (QED) is 0.443. The van der Waals surface area contributed by atoms with Gasteiger partial charge in [-0.25, -0.2) is 10.3 Å². The molecule has 3 heteroatoms. The lowest BCUT2D eigenvalue weighted by molar-refractivity contribution is 1.11. The Balaban J connectivity index is 2.79. The van der Waals surface area contributed by atoms with Crippen LogP contribution in [0.15, 0.2) is 16.4 Å². The third kappa shape index (κ3) is 0.842. The highest BCUT2D eigenvalue weighted by Crippen LogP contribution is 2.11. The van der Waals surface area contributed by atoms with E-state index in [2.05, 4.69) is 10.3 Å². The molecule has 1 aliphatic rings. The SMILES string of the molecule is CC1=C(C)N=C(Cl)[N]1. The van der Waals surface area contributed by atoms with Gasteiger partial charge in [0.15, 0.2) is 0 Å². The van der Waals surface area contributed by atoms with Gasteiger partial charge >= 0.3 is 0 Å². The fraction of sp³-hybridized carbons (Fsp3) is 0.400. The average molecular weight is 130 g/mol. The number of nitrogens with zero attached hydrogens (tertiary/aromatic N) is 2. The fourth-order valence-corrected chi connectivity index (χ4v) is 0.717. The summed E-state index contributed by atoms with van der Waals surface area (Å²) in [7, 11) is 0. The molecule has 0 fully saturated rings. The molecule has 1 rings (SSSR count). The number of halogens is 1. The molecular formula is C5H6ClN2. The van der Waals surface area contributed by atoms with E-state index in [4.69, 9.17) is 11.6 Å². The van der Waals surface area contributed by atoms with E-state index in [0.717, 1.165) is 11.4 Å². The van der Waals surface area contributed by atoms with Crippen LogP contribution in [0, 0.1) is 0 Å². The van der Waals surface area contributed by atoms with Gasteiger partial charge in [0.1, 0.15) is 0 Å². The van der Waals surface area contributed by atoms with Crippen LogP contribution in [0.5, 0.6) is 0 Å². The second-order valence-electron chi connectivity index (χ2n) is 1.66. The molecule has 1 aliphatic heterocycles. The second kappa shape index (κ2) is 1.78. The number of aliphatic imine (C=N–C) groups is 1. The van der Waals surface area contributed by atoms with E-state index in [1.54, 1.807) is 0 Å². The molecule has 0 aliphatic carbocycles. The summed E-state index contributed by atoms with van der Waals surface area (Å²) in [5, 5.41) is 4.21. The van der Waals surface area contributed by atoms with Crippen molar-refractivity contribution in [3.8, 4) is 0 Å². The number of hydrogen-bond acceptors (Lipinski definition) is 1. The molecule has 0 unspecified atom stereocenters. The van der Waals surface area contributed by atoms with Crippen molar-refractivity contribution in [1.82, 2.24) is 5.32 Å². The Morgan fingerprint density at radius 2 is 1.88 bits per heavy atom. The first-order valence-electron chi connectivity index (χ1n) is 2.33. The van der Waals surface area contributed by atoms with Gasteiger partial charge in [-0.3, -0.25) is 0 Å². The molecule has 8 heavy (non-hydrogen) atoms. The Morgan fingerprint density at radius 3 is 2.00 bits per heavy atom. The van der Waals surface area contributed by atoms with Crippen molar-refractivity contribution >= 4 is 16.9 Å². The van der Waals surface area contributed by atoms with Gasteiger partial charge in [0.2, 0.25) is 5.29 Å². The first kappa shape index (κ1) is 5.63. The zero-order chi connectivity index (χ0) is 6.15. The number of rotatable bonds is 0. The van der Waals surface area contributed by atoms with Crippen LogP contribution >= 0.6 is 11.6 Å². The molecule has 0 aromatic rings. The van der Waals surface area contributed by atoms with E-state index in [9.17, 15) is 0 Å². The Labute approximate surface area is 53.3 Å². The fourth-order valence-electron chi connectivity index (χ4n) is 0.464. The second-order valence-corrected chi connectivity index (χ2v) is 2.00. The summed E-state index contributed by atoms with van der Waals surface area (Å²) in [6.45, 7) is 3.77. The molecule has 0 spiro atoms. The molecule has 0 amide bonds. The van der Waals surface area contributed by atoms with Gasteiger partial charge in [-0.15, -0.1) is 0 Å². The zero-order valence-electron chi connectivity index (χ0n) is 4.77. The molecule has 0 N–H and O–H groups in total. The summed E-state index contributed by atoms with van der Waals surface area (Å²) in [4.78, 5) is 3.86. The first-order valence-corrected chi connectivity index (χ1v) is 2.71. The van der Waals surface area contributed by atoms with Crippen molar-refractivity contribution in [3.63, 3.8) is 0 Å². The molecule has 43 valence electrons. The van der Waals surface area contributed by atoms with Gasteiger partial charge in [-0.05, 0) is 25.4 Å². The Hall–Kier alpha value is -0.500. The van der Waals surface area contributed by atoms with E-state index in [1.807, 2.05) is 13.8 Å². The summed E-state index contributed by atoms with van der Waals surface area (Å²) < 4.78 is 0. The normalized spacial score (nSPS) is 18.6. The molecular weight excluding hydrogens is 124 g/mol. The third-order valence-electron chi connectivity index (χ3n) is 1.04. The molecule has 0 saturated heterocycles. The van der Waals surface area contributed by atoms with Crippen LogP contribution in [0.1, 0.15) is 13.8 Å². The first-order chi connectivity index (χ1) is 3.70. The highest BCUT2D eigenvalue weighted by molar-refractivity contribution is 6.65. The lowest BCUT2D eigenvalue weighted by Crippen LogP contribution is -1.99. The minimum Gasteiger partial charge on any atom is -0.221 e. The van der Waals surface area contributed by atoms with Crippen molar-refractivity contribution in [1.29, 1.82) is 0 Å². The zero-order valence-corrected chi connectivity index (χ0v) is 5.53. The van der Waals surface area contributed by atoms with Gasteiger partial charge in [0.05, 0.1) is 11.4 Å². The van der Waals surface area contributed by atoms with Crippen molar-refractivity contribution in [2.24, 2.45) is 4.99 Å². The smallest absolute Gasteiger partial charge is 0.221 e. The molecule has 0 aromatic carbocycles. The van der Waals surface area contributed by atoms with Crippen LogP contribution in [0.4, 0.5) is 0 Å². The van der Waals surface area contributed by atoms with Gasteiger partial charge < -0.3 is 0 Å². The topological polar surface area (TPSA) is 26.5 Å². The van der Waals surface area contributed by atoms with Gasteiger partial charge in [-0.1, -0.05) is 0 Å². The van der Waals surface area contributed by atoms with Crippen LogP contribution < -0.4 is 5.32 Å². The lowest BCUT2D eigenvalue weighted by atomic mass is 10.4. The number of hydrogen-bond donors (Lipinski definition) is 0. The third-order valence-corrected chi connectivity index (χ3v) is 1.21. The summed E-state index contributed by atoms with van der Waals surface area (Å²) in [6.07, 6.45) is 0. The maximum absolute atomic E-state index is 5.44. The van der Waals surface area contributed by atoms with Crippen molar-refractivity contribution < 1.29 is 0 Å². The maximum Gasteiger partial charge on any atom is 0.222 e. The molecule has 0 aromatic heterocycles. The molecule has 0 saturated carbocycles. The maximum atomic E-state index is 5.44. The Kier molecular flexibility index (Phi) is 1.26. The highest BCUT2D eigenvalue weighted by Gasteiger charge is 2.07. The predicted molar refractivity (Wildman–Crippen MR) is 33.8 cm³/mol. The Bertz CT molecular complexity index is 169. The summed E-state index contributed by atoms with van der Waals surface area (Å²) in [5.74, 6) is 0. The average Bonchev–Trinajstić information content (AvgIpc) is 1.85. The van der Waals surface area contributed by atoms with Crippen molar-refractivity contribution in [2.45, 2.75) is 13.8 Å². The van der Waals surface area contributed by atoms with Crippen LogP contribution in [-0.2, 0) is 0 Å². The molecule has 1 heterocycles. The number of allylic oxidation sites excluding steroid dienone is 2. The lowest BCUT2D eigenvalue weighted by Gasteiger charge is -1.86. The summed E-state index contributed by atoms with van der Waals surface area (Å²) in [6, 6.07) is 0. The monoisotopic (exact) mass is 129 g/mol. The summed E-state index contributed by atoms with van der Waals surface area (Å²) in [5.41, 5.74) is 1.82. The van der Waals surface area contributed by atoms with Crippen LogP contribution in [0.25, 0.3) is 0 Å². The van der Waals surface area contributed by atoms with Crippen LogP contribution in [-0.4, -0.2) is 5.29 Å². The highest BCUT2D eigenvalue weighted by atomic mass is 35.5. The molecule has 2 nitrogen and oxygen atoms in total. The van der Waals surface area contributed by atoms with E-state index >= 15 is 0 Å². The minimum absolute atomic E-state index is 0.347. The van der Waals surface area contributed by atoms with Crippen LogP contribution in [0.3, 0.4) is 0 Å². The molecule has 0 bridgehead atoms. The largest absolute Gasteiger partial charge is 0.222 e. The van der Waals surface area contributed by atoms with Crippen molar-refractivity contribution in [3.05, 3.63) is 11.4 Å². The van der Waals surface area contributed by atoms with Gasteiger partial charge in [0, 0.05) is 0 Å². The summed E-state index contributed by atoms with van der Waals surface area (Å²) >= 11 is 5.44. The van der Waals surface area contributed by atoms with Crippen molar-refractivity contribution in [2.75, 3.05) is 0 Å². The number of amidine groups is 1. The molecule has 1 radical (unpaired) electrons. The standard InChI is InChI=1S/C5H6ClN2/c1-3-4(2)8-5(6)7-3/h1-2H3. The van der Waals surface area contributed by atoms with Gasteiger partial charge in [0.25, 0.3) is 0 Å². The van der Waals surface area contributed by atoms with Gasteiger partial charge in [-0.2, -0.15) is 0 Å². The minimum atomic E-state index is 0.347. The van der Waals surface area contributed by atoms with E-state index in [0.29, 0.717) is 5.29 Å². The van der Waals surface area contributed by atoms with E-state index in [-0.39, 0.29) is 0 Å². The van der Waals surface area contributed by atoms with Crippen LogP contribution in [0.2, 0.25) is 0 Å².